The van der Waals surface area contributed by atoms with Crippen molar-refractivity contribution in [1.82, 2.24) is 0 Å². The molecule has 0 aliphatic heterocycles. The topological polar surface area (TPSA) is 3.24 Å². The van der Waals surface area contributed by atoms with Gasteiger partial charge in [0, 0.05) is 22.4 Å². The molecule has 0 unspecified atom stereocenters. The van der Waals surface area contributed by atoms with Gasteiger partial charge in [0.15, 0.2) is 0 Å². The average Bonchev–Trinajstić information content (AvgIpc) is 2.30. The van der Waals surface area contributed by atoms with E-state index in [0.29, 0.717) is 0 Å². The number of rotatable bonds is 3. The monoisotopic (exact) mass is 289 g/mol. The molecule has 0 aliphatic carbocycles. The molecule has 0 spiro atoms. The zero-order valence-corrected chi connectivity index (χ0v) is 11.7. The van der Waals surface area contributed by atoms with E-state index >= 15 is 0 Å². The summed E-state index contributed by atoms with van der Waals surface area (Å²) >= 11 is 3.52. The van der Waals surface area contributed by atoms with Gasteiger partial charge in [-0.3, -0.25) is 0 Å². The van der Waals surface area contributed by atoms with Crippen molar-refractivity contribution >= 4 is 27.3 Å². The van der Waals surface area contributed by atoms with E-state index in [1.165, 1.54) is 16.9 Å². The molecular weight excluding hydrogens is 274 g/mol. The van der Waals surface area contributed by atoms with Gasteiger partial charge in [-0.2, -0.15) is 0 Å². The van der Waals surface area contributed by atoms with Gasteiger partial charge in [-0.05, 0) is 49.7 Å². The Morgan fingerprint density at radius 3 is 2.24 bits per heavy atom. The number of hydrogen-bond acceptors (Lipinski definition) is 1. The fourth-order valence-corrected chi connectivity index (χ4v) is 2.34. The van der Waals surface area contributed by atoms with Crippen LogP contribution in [0, 0.1) is 6.92 Å². The van der Waals surface area contributed by atoms with Crippen LogP contribution in [0.4, 0.5) is 11.4 Å². The second kappa shape index (κ2) is 5.37. The Morgan fingerprint density at radius 2 is 1.65 bits per heavy atom. The molecule has 2 aromatic rings. The molecular formula is C15H16BrN. The molecule has 0 heterocycles. The summed E-state index contributed by atoms with van der Waals surface area (Å²) in [6, 6.07) is 17.0. The van der Waals surface area contributed by atoms with Crippen LogP contribution in [0.3, 0.4) is 0 Å². The lowest BCUT2D eigenvalue weighted by atomic mass is 10.2. The molecule has 2 aromatic carbocycles. The first-order chi connectivity index (χ1) is 8.20. The summed E-state index contributed by atoms with van der Waals surface area (Å²) in [5.41, 5.74) is 3.74. The maximum absolute atomic E-state index is 3.52. The molecule has 0 bridgehead atoms. The van der Waals surface area contributed by atoms with Gasteiger partial charge in [0.2, 0.25) is 0 Å². The molecule has 0 saturated heterocycles. The third kappa shape index (κ3) is 2.89. The number of aryl methyl sites for hydroxylation is 1. The van der Waals surface area contributed by atoms with E-state index in [1.807, 2.05) is 6.07 Å². The maximum atomic E-state index is 3.52. The first-order valence-corrected chi connectivity index (χ1v) is 6.60. The summed E-state index contributed by atoms with van der Waals surface area (Å²) in [6.07, 6.45) is 0. The standard InChI is InChI=1S/C15H16BrN/c1-3-17(14-8-4-6-12(2)10-14)15-9-5-7-13(16)11-15/h4-11H,3H2,1-2H3. The minimum atomic E-state index is 0.958. The van der Waals surface area contributed by atoms with Gasteiger partial charge < -0.3 is 4.90 Å². The van der Waals surface area contributed by atoms with Crippen LogP contribution in [-0.4, -0.2) is 6.54 Å². The summed E-state index contributed by atoms with van der Waals surface area (Å²) in [5.74, 6) is 0. The van der Waals surface area contributed by atoms with Crippen molar-refractivity contribution in [2.75, 3.05) is 11.4 Å². The lowest BCUT2D eigenvalue weighted by molar-refractivity contribution is 1.02. The highest BCUT2D eigenvalue weighted by atomic mass is 79.9. The first-order valence-electron chi connectivity index (χ1n) is 5.80. The molecule has 0 amide bonds. The normalized spacial score (nSPS) is 10.3. The zero-order chi connectivity index (χ0) is 12.3. The molecule has 0 aliphatic rings. The van der Waals surface area contributed by atoms with Crippen LogP contribution >= 0.6 is 15.9 Å². The van der Waals surface area contributed by atoms with E-state index in [1.54, 1.807) is 0 Å². The largest absolute Gasteiger partial charge is 0.342 e. The molecule has 0 fully saturated rings. The van der Waals surface area contributed by atoms with Crippen molar-refractivity contribution in [2.45, 2.75) is 13.8 Å². The van der Waals surface area contributed by atoms with Crippen molar-refractivity contribution in [1.29, 1.82) is 0 Å². The van der Waals surface area contributed by atoms with Crippen molar-refractivity contribution in [2.24, 2.45) is 0 Å². The number of hydrogen-bond donors (Lipinski definition) is 0. The van der Waals surface area contributed by atoms with Crippen LogP contribution in [0.25, 0.3) is 0 Å². The van der Waals surface area contributed by atoms with Gasteiger partial charge in [0.25, 0.3) is 0 Å². The van der Waals surface area contributed by atoms with Crippen molar-refractivity contribution < 1.29 is 0 Å². The molecule has 1 nitrogen and oxygen atoms in total. The lowest BCUT2D eigenvalue weighted by Crippen LogP contribution is -2.15. The van der Waals surface area contributed by atoms with Gasteiger partial charge in [-0.15, -0.1) is 0 Å². The molecule has 2 rings (SSSR count). The highest BCUT2D eigenvalue weighted by Crippen LogP contribution is 2.27. The molecule has 0 radical (unpaired) electrons. The predicted molar refractivity (Wildman–Crippen MR) is 78.0 cm³/mol. The number of nitrogens with zero attached hydrogens (tertiary/aromatic N) is 1. The Kier molecular flexibility index (Phi) is 3.85. The van der Waals surface area contributed by atoms with E-state index in [2.05, 4.69) is 77.1 Å². The smallest absolute Gasteiger partial charge is 0.0421 e. The van der Waals surface area contributed by atoms with Crippen LogP contribution in [0.5, 0.6) is 0 Å². The highest BCUT2D eigenvalue weighted by Gasteiger charge is 2.07. The fraction of sp³-hybridized carbons (Fsp3) is 0.200. The Labute approximate surface area is 111 Å². The lowest BCUT2D eigenvalue weighted by Gasteiger charge is -2.23. The van der Waals surface area contributed by atoms with Gasteiger partial charge in [0.1, 0.15) is 0 Å². The van der Waals surface area contributed by atoms with Crippen LogP contribution in [-0.2, 0) is 0 Å². The minimum absolute atomic E-state index is 0.958. The molecule has 0 atom stereocenters. The summed E-state index contributed by atoms with van der Waals surface area (Å²) in [5, 5.41) is 0. The maximum Gasteiger partial charge on any atom is 0.0421 e. The van der Waals surface area contributed by atoms with Crippen LogP contribution in [0.15, 0.2) is 53.0 Å². The Bertz CT molecular complexity index is 462. The second-order valence-corrected chi connectivity index (χ2v) is 4.98. The SMILES string of the molecule is CCN(c1cccc(C)c1)c1cccc(Br)c1. The quantitative estimate of drug-likeness (QED) is 0.776. The van der Waals surface area contributed by atoms with Gasteiger partial charge in [0.05, 0.1) is 0 Å². The van der Waals surface area contributed by atoms with Gasteiger partial charge in [-0.1, -0.05) is 34.1 Å². The number of benzene rings is 2. The Balaban J connectivity index is 2.40. The van der Waals surface area contributed by atoms with Crippen molar-refractivity contribution in [3.63, 3.8) is 0 Å². The van der Waals surface area contributed by atoms with Gasteiger partial charge >= 0.3 is 0 Å². The van der Waals surface area contributed by atoms with Crippen LogP contribution in [0.2, 0.25) is 0 Å². The van der Waals surface area contributed by atoms with E-state index in [0.717, 1.165) is 11.0 Å². The molecule has 0 aromatic heterocycles. The number of halogens is 1. The summed E-state index contributed by atoms with van der Waals surface area (Å²) in [6.45, 7) is 5.25. The summed E-state index contributed by atoms with van der Waals surface area (Å²) < 4.78 is 1.11. The molecule has 2 heteroatoms. The fourth-order valence-electron chi connectivity index (χ4n) is 1.95. The second-order valence-electron chi connectivity index (χ2n) is 4.06. The zero-order valence-electron chi connectivity index (χ0n) is 10.2. The molecule has 0 saturated carbocycles. The van der Waals surface area contributed by atoms with E-state index < -0.39 is 0 Å². The third-order valence-corrected chi connectivity index (χ3v) is 3.24. The third-order valence-electron chi connectivity index (χ3n) is 2.75. The predicted octanol–water partition coefficient (Wildman–Crippen LogP) is 4.92. The average molecular weight is 290 g/mol. The Hall–Kier alpha value is -1.28. The van der Waals surface area contributed by atoms with E-state index in [9.17, 15) is 0 Å². The van der Waals surface area contributed by atoms with Crippen molar-refractivity contribution in [3.05, 3.63) is 58.6 Å². The number of anilines is 2. The summed E-state index contributed by atoms with van der Waals surface area (Å²) in [7, 11) is 0. The molecule has 17 heavy (non-hydrogen) atoms. The van der Waals surface area contributed by atoms with Crippen molar-refractivity contribution in [3.8, 4) is 0 Å². The highest BCUT2D eigenvalue weighted by molar-refractivity contribution is 9.10. The van der Waals surface area contributed by atoms with Gasteiger partial charge in [-0.25, -0.2) is 0 Å². The summed E-state index contributed by atoms with van der Waals surface area (Å²) in [4.78, 5) is 2.30. The first kappa shape index (κ1) is 12.2. The van der Waals surface area contributed by atoms with Crippen LogP contribution in [0.1, 0.15) is 12.5 Å². The van der Waals surface area contributed by atoms with Crippen LogP contribution < -0.4 is 4.90 Å². The Morgan fingerprint density at radius 1 is 1.00 bits per heavy atom. The minimum Gasteiger partial charge on any atom is -0.342 e. The molecule has 0 N–H and O–H groups in total. The van der Waals surface area contributed by atoms with E-state index in [4.69, 9.17) is 0 Å². The van der Waals surface area contributed by atoms with E-state index in [-0.39, 0.29) is 0 Å². The molecule has 88 valence electrons.